The molecular formula is C10H21NO. The highest BCUT2D eigenvalue weighted by molar-refractivity contribution is 4.88. The number of hydrogen-bond acceptors (Lipinski definition) is 2. The summed E-state index contributed by atoms with van der Waals surface area (Å²) in [5.41, 5.74) is 0.335. The molecule has 0 aromatic carbocycles. The third-order valence-electron chi connectivity index (χ3n) is 3.37. The number of likely N-dealkylation sites (N-methyl/N-ethyl adjacent to an activating group) is 1. The van der Waals surface area contributed by atoms with Crippen LogP contribution in [0.1, 0.15) is 39.0 Å². The number of aliphatic hydroxyl groups excluding tert-OH is 1. The lowest BCUT2D eigenvalue weighted by Crippen LogP contribution is -2.45. The summed E-state index contributed by atoms with van der Waals surface area (Å²) in [6.45, 7) is 2.57. The van der Waals surface area contributed by atoms with Crippen molar-refractivity contribution in [2.45, 2.75) is 45.1 Å². The van der Waals surface area contributed by atoms with Crippen molar-refractivity contribution in [3.8, 4) is 0 Å². The van der Waals surface area contributed by atoms with Gasteiger partial charge in [0, 0.05) is 6.04 Å². The van der Waals surface area contributed by atoms with Gasteiger partial charge >= 0.3 is 0 Å². The second-order valence-corrected chi connectivity index (χ2v) is 4.24. The molecule has 0 radical (unpaired) electrons. The van der Waals surface area contributed by atoms with Crippen molar-refractivity contribution in [1.29, 1.82) is 0 Å². The Morgan fingerprint density at radius 3 is 2.33 bits per heavy atom. The topological polar surface area (TPSA) is 32.3 Å². The first kappa shape index (κ1) is 10.0. The van der Waals surface area contributed by atoms with Gasteiger partial charge in [-0.25, -0.2) is 0 Å². The lowest BCUT2D eigenvalue weighted by atomic mass is 9.71. The predicted molar refractivity (Wildman–Crippen MR) is 51.1 cm³/mol. The molecule has 1 fully saturated rings. The van der Waals surface area contributed by atoms with Gasteiger partial charge < -0.3 is 10.4 Å². The molecule has 2 heteroatoms. The zero-order valence-electron chi connectivity index (χ0n) is 8.27. The fourth-order valence-electron chi connectivity index (χ4n) is 2.37. The summed E-state index contributed by atoms with van der Waals surface area (Å²) >= 11 is 0. The average molecular weight is 171 g/mol. The van der Waals surface area contributed by atoms with Gasteiger partial charge in [0.1, 0.15) is 0 Å². The van der Waals surface area contributed by atoms with E-state index in [1.54, 1.807) is 0 Å². The van der Waals surface area contributed by atoms with E-state index in [2.05, 4.69) is 12.2 Å². The Labute approximate surface area is 75.4 Å². The molecule has 0 saturated heterocycles. The molecule has 0 aliphatic heterocycles. The highest BCUT2D eigenvalue weighted by Crippen LogP contribution is 2.38. The molecule has 0 aromatic rings. The van der Waals surface area contributed by atoms with Gasteiger partial charge in [-0.05, 0) is 25.3 Å². The number of rotatable bonds is 3. The Morgan fingerprint density at radius 2 is 1.92 bits per heavy atom. The molecule has 0 amide bonds. The average Bonchev–Trinajstić information content (AvgIpc) is 2.07. The minimum Gasteiger partial charge on any atom is -0.395 e. The Kier molecular flexibility index (Phi) is 3.53. The zero-order valence-corrected chi connectivity index (χ0v) is 8.27. The minimum atomic E-state index is 0.271. The molecule has 0 bridgehead atoms. The van der Waals surface area contributed by atoms with Crippen LogP contribution in [-0.4, -0.2) is 24.8 Å². The summed E-state index contributed by atoms with van der Waals surface area (Å²) in [6.07, 6.45) is 6.55. The van der Waals surface area contributed by atoms with E-state index in [1.165, 1.54) is 32.1 Å². The van der Waals surface area contributed by atoms with Crippen LogP contribution in [0.25, 0.3) is 0 Å². The molecule has 2 nitrogen and oxygen atoms in total. The lowest BCUT2D eigenvalue weighted by Gasteiger charge is -2.39. The Balaban J connectivity index is 2.53. The molecule has 1 saturated carbocycles. The van der Waals surface area contributed by atoms with Crippen molar-refractivity contribution < 1.29 is 5.11 Å². The highest BCUT2D eigenvalue weighted by Gasteiger charge is 2.33. The molecule has 1 aliphatic rings. The summed E-state index contributed by atoms with van der Waals surface area (Å²) in [5, 5.41) is 12.4. The first-order chi connectivity index (χ1) is 5.73. The zero-order chi connectivity index (χ0) is 9.03. The molecule has 0 heterocycles. The van der Waals surface area contributed by atoms with Crippen LogP contribution in [0, 0.1) is 5.41 Å². The van der Waals surface area contributed by atoms with Crippen LogP contribution < -0.4 is 5.32 Å². The van der Waals surface area contributed by atoms with Gasteiger partial charge in [-0.15, -0.1) is 0 Å². The molecule has 1 unspecified atom stereocenters. The van der Waals surface area contributed by atoms with Crippen LogP contribution in [0.15, 0.2) is 0 Å². The van der Waals surface area contributed by atoms with Crippen LogP contribution in [0.3, 0.4) is 0 Å². The monoisotopic (exact) mass is 171 g/mol. The summed E-state index contributed by atoms with van der Waals surface area (Å²) in [4.78, 5) is 0. The molecule has 12 heavy (non-hydrogen) atoms. The quantitative estimate of drug-likeness (QED) is 0.675. The standard InChI is InChI=1S/C10H21NO/c1-10(9(8-12)11-2)6-4-3-5-7-10/h9,11-12H,3-8H2,1-2H3. The van der Waals surface area contributed by atoms with E-state index in [-0.39, 0.29) is 12.6 Å². The smallest absolute Gasteiger partial charge is 0.0589 e. The van der Waals surface area contributed by atoms with Gasteiger partial charge in [0.15, 0.2) is 0 Å². The van der Waals surface area contributed by atoms with Crippen molar-refractivity contribution in [2.24, 2.45) is 5.41 Å². The summed E-state index contributed by atoms with van der Waals surface area (Å²) < 4.78 is 0. The predicted octanol–water partition coefficient (Wildman–Crippen LogP) is 1.54. The van der Waals surface area contributed by atoms with Crippen molar-refractivity contribution in [1.82, 2.24) is 5.32 Å². The second kappa shape index (κ2) is 4.24. The summed E-state index contributed by atoms with van der Waals surface area (Å²) in [5.74, 6) is 0. The Hall–Kier alpha value is -0.0800. The third-order valence-corrected chi connectivity index (χ3v) is 3.37. The molecule has 1 aliphatic carbocycles. The number of nitrogens with one attached hydrogen (secondary N) is 1. The summed E-state index contributed by atoms with van der Waals surface area (Å²) in [7, 11) is 1.95. The Bertz CT molecular complexity index is 126. The van der Waals surface area contributed by atoms with Crippen molar-refractivity contribution >= 4 is 0 Å². The number of hydrogen-bond donors (Lipinski definition) is 2. The maximum Gasteiger partial charge on any atom is 0.0589 e. The van der Waals surface area contributed by atoms with Gasteiger partial charge in [0.2, 0.25) is 0 Å². The van der Waals surface area contributed by atoms with Gasteiger partial charge in [-0.1, -0.05) is 26.2 Å². The van der Waals surface area contributed by atoms with Gasteiger partial charge in [-0.3, -0.25) is 0 Å². The van der Waals surface area contributed by atoms with Gasteiger partial charge in [-0.2, -0.15) is 0 Å². The van der Waals surface area contributed by atoms with Crippen LogP contribution in [0.4, 0.5) is 0 Å². The van der Waals surface area contributed by atoms with E-state index in [1.807, 2.05) is 7.05 Å². The SMILES string of the molecule is CNC(CO)C1(C)CCCCC1. The third kappa shape index (κ3) is 1.99. The van der Waals surface area contributed by atoms with Crippen LogP contribution in [0.2, 0.25) is 0 Å². The van der Waals surface area contributed by atoms with E-state index < -0.39 is 0 Å². The summed E-state index contributed by atoms with van der Waals surface area (Å²) in [6, 6.07) is 0.290. The van der Waals surface area contributed by atoms with Crippen molar-refractivity contribution in [3.05, 3.63) is 0 Å². The maximum absolute atomic E-state index is 9.18. The first-order valence-corrected chi connectivity index (χ1v) is 5.01. The molecule has 1 atom stereocenters. The van der Waals surface area contributed by atoms with E-state index in [9.17, 15) is 5.11 Å². The fraction of sp³-hybridized carbons (Fsp3) is 1.00. The van der Waals surface area contributed by atoms with Crippen LogP contribution >= 0.6 is 0 Å². The largest absolute Gasteiger partial charge is 0.395 e. The Morgan fingerprint density at radius 1 is 1.33 bits per heavy atom. The normalized spacial score (nSPS) is 25.2. The van der Waals surface area contributed by atoms with Crippen molar-refractivity contribution in [3.63, 3.8) is 0 Å². The van der Waals surface area contributed by atoms with Crippen molar-refractivity contribution in [2.75, 3.05) is 13.7 Å². The second-order valence-electron chi connectivity index (χ2n) is 4.24. The van der Waals surface area contributed by atoms with E-state index in [0.717, 1.165) is 0 Å². The number of aliphatic hydroxyl groups is 1. The van der Waals surface area contributed by atoms with Crippen LogP contribution in [-0.2, 0) is 0 Å². The molecule has 2 N–H and O–H groups in total. The van der Waals surface area contributed by atoms with E-state index in [0.29, 0.717) is 5.41 Å². The highest BCUT2D eigenvalue weighted by atomic mass is 16.3. The molecule has 72 valence electrons. The molecular weight excluding hydrogens is 150 g/mol. The molecule has 0 spiro atoms. The first-order valence-electron chi connectivity index (χ1n) is 5.01. The minimum absolute atomic E-state index is 0.271. The van der Waals surface area contributed by atoms with E-state index in [4.69, 9.17) is 0 Å². The maximum atomic E-state index is 9.18. The van der Waals surface area contributed by atoms with Crippen LogP contribution in [0.5, 0.6) is 0 Å². The lowest BCUT2D eigenvalue weighted by molar-refractivity contribution is 0.0984. The van der Waals surface area contributed by atoms with Gasteiger partial charge in [0.25, 0.3) is 0 Å². The molecule has 0 aromatic heterocycles. The fourth-order valence-corrected chi connectivity index (χ4v) is 2.37. The van der Waals surface area contributed by atoms with E-state index >= 15 is 0 Å². The van der Waals surface area contributed by atoms with Gasteiger partial charge in [0.05, 0.1) is 6.61 Å². The molecule has 1 rings (SSSR count).